The molecule has 0 saturated carbocycles. The molecule has 0 saturated heterocycles. The molecule has 0 aliphatic heterocycles. The predicted molar refractivity (Wildman–Crippen MR) is 135 cm³/mol. The fourth-order valence-corrected chi connectivity index (χ4v) is 3.28. The molecule has 30 heavy (non-hydrogen) atoms. The SMILES string of the molecule is Cc1cccc2nc(C=Cc3ccc(Cl)cc3)nc(NCCCCCCN)c12.Cl.Cl. The first-order valence-electron chi connectivity index (χ1n) is 9.82. The van der Waals surface area contributed by atoms with E-state index in [0.717, 1.165) is 53.2 Å². The Balaban J connectivity index is 0.00000225. The fourth-order valence-electron chi connectivity index (χ4n) is 3.15. The second-order valence-corrected chi connectivity index (χ2v) is 7.35. The topological polar surface area (TPSA) is 63.8 Å². The van der Waals surface area contributed by atoms with Crippen LogP contribution in [0.1, 0.15) is 42.6 Å². The largest absolute Gasteiger partial charge is 0.369 e. The van der Waals surface area contributed by atoms with Gasteiger partial charge in [0.2, 0.25) is 0 Å². The highest BCUT2D eigenvalue weighted by molar-refractivity contribution is 6.30. The van der Waals surface area contributed by atoms with Crippen molar-refractivity contribution < 1.29 is 0 Å². The third-order valence-electron chi connectivity index (χ3n) is 4.67. The monoisotopic (exact) mass is 466 g/mol. The molecule has 0 aliphatic rings. The van der Waals surface area contributed by atoms with Gasteiger partial charge in [0.05, 0.1) is 5.52 Å². The molecule has 0 atom stereocenters. The number of aromatic nitrogens is 2. The molecule has 3 rings (SSSR count). The summed E-state index contributed by atoms with van der Waals surface area (Å²) < 4.78 is 0. The fraction of sp³-hybridized carbons (Fsp3) is 0.304. The standard InChI is InChI=1S/C23H27ClN4.2ClH/c1-17-7-6-8-20-22(17)23(26-16-5-3-2-4-15-25)28-21(27-20)14-11-18-9-12-19(24)13-10-18;;/h6-14H,2-5,15-16,25H2,1H3,(H,26,27,28);2*1H. The molecule has 3 aromatic rings. The van der Waals surface area contributed by atoms with Gasteiger partial charge in [0.25, 0.3) is 0 Å². The van der Waals surface area contributed by atoms with E-state index < -0.39 is 0 Å². The highest BCUT2D eigenvalue weighted by Gasteiger charge is 2.08. The zero-order valence-corrected chi connectivity index (χ0v) is 19.5. The lowest BCUT2D eigenvalue weighted by molar-refractivity contribution is 0.661. The van der Waals surface area contributed by atoms with Crippen LogP contribution in [0.25, 0.3) is 23.1 Å². The lowest BCUT2D eigenvalue weighted by Gasteiger charge is -2.11. The zero-order chi connectivity index (χ0) is 19.8. The van der Waals surface area contributed by atoms with Crippen molar-refractivity contribution in [1.29, 1.82) is 0 Å². The summed E-state index contributed by atoms with van der Waals surface area (Å²) in [7, 11) is 0. The first kappa shape index (κ1) is 26.2. The van der Waals surface area contributed by atoms with Crippen molar-refractivity contribution in [1.82, 2.24) is 9.97 Å². The molecular weight excluding hydrogens is 439 g/mol. The van der Waals surface area contributed by atoms with Gasteiger partial charge in [-0.3, -0.25) is 0 Å². The number of fused-ring (bicyclic) bond motifs is 1. The van der Waals surface area contributed by atoms with Gasteiger partial charge in [-0.15, -0.1) is 24.8 Å². The van der Waals surface area contributed by atoms with E-state index in [4.69, 9.17) is 27.3 Å². The summed E-state index contributed by atoms with van der Waals surface area (Å²) in [6.07, 6.45) is 8.50. The van der Waals surface area contributed by atoms with Gasteiger partial charge in [-0.2, -0.15) is 0 Å². The predicted octanol–water partition coefficient (Wildman–Crippen LogP) is 6.54. The summed E-state index contributed by atoms with van der Waals surface area (Å²) in [5.41, 5.74) is 8.76. The molecule has 0 radical (unpaired) electrons. The molecule has 4 nitrogen and oxygen atoms in total. The van der Waals surface area contributed by atoms with Crippen molar-refractivity contribution in [2.24, 2.45) is 5.73 Å². The molecule has 162 valence electrons. The van der Waals surface area contributed by atoms with Gasteiger partial charge in [-0.1, -0.05) is 54.8 Å². The van der Waals surface area contributed by atoms with Gasteiger partial charge in [0, 0.05) is 17.0 Å². The smallest absolute Gasteiger partial charge is 0.154 e. The number of halogens is 3. The van der Waals surface area contributed by atoms with Crippen LogP contribution in [0.4, 0.5) is 5.82 Å². The number of nitrogens with two attached hydrogens (primary N) is 1. The minimum atomic E-state index is 0. The highest BCUT2D eigenvalue weighted by atomic mass is 35.5. The Morgan fingerprint density at radius 1 is 0.933 bits per heavy atom. The Hall–Kier alpha value is -1.85. The second-order valence-electron chi connectivity index (χ2n) is 6.91. The van der Waals surface area contributed by atoms with Gasteiger partial charge in [0.15, 0.2) is 5.82 Å². The summed E-state index contributed by atoms with van der Waals surface area (Å²) in [6.45, 7) is 3.76. The average Bonchev–Trinajstić information content (AvgIpc) is 2.70. The van der Waals surface area contributed by atoms with Crippen LogP contribution in [0.5, 0.6) is 0 Å². The van der Waals surface area contributed by atoms with Crippen LogP contribution in [0, 0.1) is 6.92 Å². The third kappa shape index (κ3) is 7.44. The van der Waals surface area contributed by atoms with E-state index >= 15 is 0 Å². The molecular formula is C23H29Cl3N4. The van der Waals surface area contributed by atoms with Crippen molar-refractivity contribution in [3.05, 3.63) is 64.4 Å². The van der Waals surface area contributed by atoms with Gasteiger partial charge in [-0.25, -0.2) is 9.97 Å². The number of hydrogen-bond donors (Lipinski definition) is 2. The minimum Gasteiger partial charge on any atom is -0.369 e. The van der Waals surface area contributed by atoms with Crippen LogP contribution >= 0.6 is 36.4 Å². The maximum atomic E-state index is 5.95. The molecule has 0 fully saturated rings. The summed E-state index contributed by atoms with van der Waals surface area (Å²) in [4.78, 5) is 9.49. The van der Waals surface area contributed by atoms with Gasteiger partial charge >= 0.3 is 0 Å². The number of unbranched alkanes of at least 4 members (excludes halogenated alkanes) is 3. The Morgan fingerprint density at radius 2 is 1.67 bits per heavy atom. The Morgan fingerprint density at radius 3 is 2.40 bits per heavy atom. The average molecular weight is 468 g/mol. The van der Waals surface area contributed by atoms with E-state index in [1.807, 2.05) is 48.6 Å². The van der Waals surface area contributed by atoms with Crippen LogP contribution in [0.15, 0.2) is 42.5 Å². The second kappa shape index (κ2) is 13.5. The van der Waals surface area contributed by atoms with Crippen molar-refractivity contribution in [3.8, 4) is 0 Å². The minimum absolute atomic E-state index is 0. The molecule has 0 unspecified atom stereocenters. The van der Waals surface area contributed by atoms with Gasteiger partial charge in [0.1, 0.15) is 5.82 Å². The molecule has 0 aliphatic carbocycles. The normalized spacial score (nSPS) is 10.6. The van der Waals surface area contributed by atoms with Gasteiger partial charge < -0.3 is 11.1 Å². The van der Waals surface area contributed by atoms with Crippen LogP contribution in [0.2, 0.25) is 5.02 Å². The van der Waals surface area contributed by atoms with Crippen LogP contribution in [0.3, 0.4) is 0 Å². The van der Waals surface area contributed by atoms with Gasteiger partial charge in [-0.05, 0) is 61.7 Å². The number of rotatable bonds is 9. The van der Waals surface area contributed by atoms with Crippen LogP contribution < -0.4 is 11.1 Å². The number of hydrogen-bond acceptors (Lipinski definition) is 4. The first-order chi connectivity index (χ1) is 13.7. The highest BCUT2D eigenvalue weighted by Crippen LogP contribution is 2.25. The van der Waals surface area contributed by atoms with Crippen LogP contribution in [-0.4, -0.2) is 23.1 Å². The van der Waals surface area contributed by atoms with Crippen molar-refractivity contribution in [2.45, 2.75) is 32.6 Å². The summed E-state index contributed by atoms with van der Waals surface area (Å²) in [6, 6.07) is 13.9. The third-order valence-corrected chi connectivity index (χ3v) is 4.92. The van der Waals surface area contributed by atoms with E-state index in [1.54, 1.807) is 0 Å². The van der Waals surface area contributed by atoms with Crippen molar-refractivity contribution >= 4 is 65.3 Å². The lowest BCUT2D eigenvalue weighted by Crippen LogP contribution is -2.07. The van der Waals surface area contributed by atoms with E-state index in [2.05, 4.69) is 18.3 Å². The summed E-state index contributed by atoms with van der Waals surface area (Å²) >= 11 is 5.95. The quantitative estimate of drug-likeness (QED) is 0.351. The molecule has 2 aromatic carbocycles. The van der Waals surface area contributed by atoms with E-state index in [9.17, 15) is 0 Å². The van der Waals surface area contributed by atoms with E-state index in [0.29, 0.717) is 5.82 Å². The molecule has 3 N–H and O–H groups in total. The number of nitrogens with zero attached hydrogens (tertiary/aromatic N) is 2. The lowest BCUT2D eigenvalue weighted by atomic mass is 10.1. The molecule has 0 amide bonds. The molecule has 1 aromatic heterocycles. The molecule has 0 spiro atoms. The number of anilines is 1. The Labute approximate surface area is 196 Å². The number of aryl methyl sites for hydroxylation is 1. The Kier molecular flexibility index (Phi) is 11.7. The van der Waals surface area contributed by atoms with Crippen LogP contribution in [-0.2, 0) is 0 Å². The van der Waals surface area contributed by atoms with Crippen molar-refractivity contribution in [3.63, 3.8) is 0 Å². The molecule has 1 heterocycles. The summed E-state index contributed by atoms with van der Waals surface area (Å²) in [5, 5.41) is 5.34. The number of benzene rings is 2. The molecule has 7 heteroatoms. The first-order valence-corrected chi connectivity index (χ1v) is 10.2. The zero-order valence-electron chi connectivity index (χ0n) is 17.1. The van der Waals surface area contributed by atoms with E-state index in [-0.39, 0.29) is 24.8 Å². The Bertz CT molecular complexity index is 943. The van der Waals surface area contributed by atoms with Crippen molar-refractivity contribution in [2.75, 3.05) is 18.4 Å². The number of nitrogens with one attached hydrogen (secondary N) is 1. The maximum Gasteiger partial charge on any atom is 0.154 e. The maximum absolute atomic E-state index is 5.95. The molecule has 0 bridgehead atoms. The van der Waals surface area contributed by atoms with E-state index in [1.165, 1.54) is 18.4 Å². The summed E-state index contributed by atoms with van der Waals surface area (Å²) in [5.74, 6) is 1.59.